The van der Waals surface area contributed by atoms with Crippen LogP contribution in [-0.4, -0.2) is 22.1 Å². The Kier molecular flexibility index (Phi) is 3.77. The zero-order chi connectivity index (χ0) is 13.1. The highest BCUT2D eigenvalue weighted by Crippen LogP contribution is 2.32. The normalized spacial score (nSPS) is 10.7. The molecule has 0 bridgehead atoms. The van der Waals surface area contributed by atoms with Gasteiger partial charge in [-0.2, -0.15) is 0 Å². The van der Waals surface area contributed by atoms with E-state index in [2.05, 4.69) is 28.8 Å². The summed E-state index contributed by atoms with van der Waals surface area (Å²) >= 11 is 6.15. The Morgan fingerprint density at radius 1 is 1.22 bits per heavy atom. The highest BCUT2D eigenvalue weighted by Gasteiger charge is 2.15. The number of rotatable bonds is 3. The van der Waals surface area contributed by atoms with Crippen molar-refractivity contribution in [1.29, 1.82) is 0 Å². The van der Waals surface area contributed by atoms with Crippen LogP contribution in [-0.2, 0) is 0 Å². The molecule has 0 saturated carbocycles. The van der Waals surface area contributed by atoms with Crippen LogP contribution in [0.25, 0.3) is 11.3 Å². The summed E-state index contributed by atoms with van der Waals surface area (Å²) in [5.74, 6) is 0.796. The molecule has 0 aliphatic carbocycles. The van der Waals surface area contributed by atoms with Crippen LogP contribution >= 0.6 is 11.6 Å². The number of nitrogens with zero attached hydrogens (tertiary/aromatic N) is 3. The van der Waals surface area contributed by atoms with E-state index in [9.17, 15) is 0 Å². The SMILES string of the molecule is COc1cc(-c2ncnc(Cl)c2C(C)C)ccn1. The quantitative estimate of drug-likeness (QED) is 0.797. The summed E-state index contributed by atoms with van der Waals surface area (Å²) in [6.07, 6.45) is 3.16. The van der Waals surface area contributed by atoms with E-state index in [1.165, 1.54) is 6.33 Å². The Balaban J connectivity index is 2.59. The lowest BCUT2D eigenvalue weighted by Crippen LogP contribution is -1.99. The number of halogens is 1. The molecule has 2 aromatic rings. The lowest BCUT2D eigenvalue weighted by Gasteiger charge is -2.13. The molecule has 2 heterocycles. The van der Waals surface area contributed by atoms with Gasteiger partial charge in [0.25, 0.3) is 0 Å². The van der Waals surface area contributed by atoms with Gasteiger partial charge in [-0.1, -0.05) is 25.4 Å². The van der Waals surface area contributed by atoms with Gasteiger partial charge in [0.05, 0.1) is 12.8 Å². The van der Waals surface area contributed by atoms with Crippen molar-refractivity contribution in [1.82, 2.24) is 15.0 Å². The first-order chi connectivity index (χ1) is 8.63. The molecular formula is C13H14ClN3O. The van der Waals surface area contributed by atoms with Crippen molar-refractivity contribution < 1.29 is 4.74 Å². The van der Waals surface area contributed by atoms with Crippen LogP contribution in [0.3, 0.4) is 0 Å². The van der Waals surface area contributed by atoms with Crippen LogP contribution in [0.15, 0.2) is 24.7 Å². The van der Waals surface area contributed by atoms with Crippen LogP contribution in [0.2, 0.25) is 5.15 Å². The third kappa shape index (κ3) is 2.43. The van der Waals surface area contributed by atoms with Crippen LogP contribution in [0.5, 0.6) is 5.88 Å². The van der Waals surface area contributed by atoms with Gasteiger partial charge in [-0.25, -0.2) is 15.0 Å². The molecular weight excluding hydrogens is 250 g/mol. The van der Waals surface area contributed by atoms with Crippen LogP contribution in [0, 0.1) is 0 Å². The van der Waals surface area contributed by atoms with Crippen LogP contribution < -0.4 is 4.74 Å². The summed E-state index contributed by atoms with van der Waals surface area (Å²) in [4.78, 5) is 12.4. The molecule has 0 aliphatic heterocycles. The minimum Gasteiger partial charge on any atom is -0.481 e. The molecule has 0 amide bonds. The van der Waals surface area contributed by atoms with Crippen molar-refractivity contribution in [2.24, 2.45) is 0 Å². The molecule has 18 heavy (non-hydrogen) atoms. The maximum atomic E-state index is 6.15. The summed E-state index contributed by atoms with van der Waals surface area (Å²) in [6.45, 7) is 4.12. The second-order valence-electron chi connectivity index (χ2n) is 4.17. The monoisotopic (exact) mass is 263 g/mol. The first-order valence-electron chi connectivity index (χ1n) is 5.64. The predicted molar refractivity (Wildman–Crippen MR) is 70.9 cm³/mol. The average Bonchev–Trinajstić information content (AvgIpc) is 2.38. The van der Waals surface area contributed by atoms with E-state index in [-0.39, 0.29) is 5.92 Å². The topological polar surface area (TPSA) is 47.9 Å². The molecule has 0 aromatic carbocycles. The predicted octanol–water partition coefficient (Wildman–Crippen LogP) is 3.32. The standard InChI is InChI=1S/C13H14ClN3O/c1-8(2)11-12(16-7-17-13(11)14)9-4-5-15-10(6-9)18-3/h4-8H,1-3H3. The van der Waals surface area contributed by atoms with Crippen molar-refractivity contribution in [3.63, 3.8) is 0 Å². The van der Waals surface area contributed by atoms with E-state index in [4.69, 9.17) is 16.3 Å². The fourth-order valence-corrected chi connectivity index (χ4v) is 2.14. The minimum atomic E-state index is 0.243. The van der Waals surface area contributed by atoms with E-state index in [0.717, 1.165) is 16.8 Å². The molecule has 5 heteroatoms. The van der Waals surface area contributed by atoms with E-state index in [1.54, 1.807) is 13.3 Å². The summed E-state index contributed by atoms with van der Waals surface area (Å²) in [6, 6.07) is 3.72. The zero-order valence-corrected chi connectivity index (χ0v) is 11.3. The van der Waals surface area contributed by atoms with Gasteiger partial charge in [0.1, 0.15) is 11.5 Å². The molecule has 2 aromatic heterocycles. The fourth-order valence-electron chi connectivity index (χ4n) is 1.78. The number of aromatic nitrogens is 3. The molecule has 0 radical (unpaired) electrons. The number of hydrogen-bond acceptors (Lipinski definition) is 4. The number of ether oxygens (including phenoxy) is 1. The summed E-state index contributed by atoms with van der Waals surface area (Å²) in [5.41, 5.74) is 2.69. The first kappa shape index (κ1) is 12.8. The van der Waals surface area contributed by atoms with Gasteiger partial charge in [-0.05, 0) is 12.0 Å². The molecule has 0 aliphatic rings. The van der Waals surface area contributed by atoms with E-state index in [0.29, 0.717) is 11.0 Å². The second kappa shape index (κ2) is 5.31. The van der Waals surface area contributed by atoms with Gasteiger partial charge >= 0.3 is 0 Å². The maximum absolute atomic E-state index is 6.15. The number of hydrogen-bond donors (Lipinski definition) is 0. The molecule has 0 spiro atoms. The van der Waals surface area contributed by atoms with Crippen molar-refractivity contribution >= 4 is 11.6 Å². The molecule has 2 rings (SSSR count). The third-order valence-corrected chi connectivity index (χ3v) is 2.93. The van der Waals surface area contributed by atoms with E-state index >= 15 is 0 Å². The Morgan fingerprint density at radius 3 is 2.67 bits per heavy atom. The van der Waals surface area contributed by atoms with Crippen molar-refractivity contribution in [3.05, 3.63) is 35.4 Å². The van der Waals surface area contributed by atoms with Crippen LogP contribution in [0.4, 0.5) is 0 Å². The van der Waals surface area contributed by atoms with Crippen molar-refractivity contribution in [3.8, 4) is 17.1 Å². The molecule has 94 valence electrons. The molecule has 0 saturated heterocycles. The van der Waals surface area contributed by atoms with E-state index in [1.807, 2.05) is 12.1 Å². The second-order valence-corrected chi connectivity index (χ2v) is 4.53. The fraction of sp³-hybridized carbons (Fsp3) is 0.308. The maximum Gasteiger partial charge on any atom is 0.213 e. The van der Waals surface area contributed by atoms with Crippen molar-refractivity contribution in [2.75, 3.05) is 7.11 Å². The highest BCUT2D eigenvalue weighted by molar-refractivity contribution is 6.30. The van der Waals surface area contributed by atoms with Gasteiger partial charge < -0.3 is 4.74 Å². The molecule has 0 unspecified atom stereocenters. The highest BCUT2D eigenvalue weighted by atomic mass is 35.5. The summed E-state index contributed by atoms with van der Waals surface area (Å²) in [5, 5.41) is 0.491. The number of methoxy groups -OCH3 is 1. The van der Waals surface area contributed by atoms with Gasteiger partial charge in [0.15, 0.2) is 0 Å². The Bertz CT molecular complexity index is 558. The minimum absolute atomic E-state index is 0.243. The van der Waals surface area contributed by atoms with Gasteiger partial charge in [-0.15, -0.1) is 0 Å². The third-order valence-electron chi connectivity index (χ3n) is 2.63. The molecule has 4 nitrogen and oxygen atoms in total. The summed E-state index contributed by atoms with van der Waals surface area (Å²) in [7, 11) is 1.59. The number of pyridine rings is 1. The Hall–Kier alpha value is -1.68. The van der Waals surface area contributed by atoms with Gasteiger partial charge in [0.2, 0.25) is 5.88 Å². The Labute approximate surface area is 111 Å². The smallest absolute Gasteiger partial charge is 0.213 e. The largest absolute Gasteiger partial charge is 0.481 e. The lowest BCUT2D eigenvalue weighted by molar-refractivity contribution is 0.398. The molecule has 0 atom stereocenters. The lowest BCUT2D eigenvalue weighted by atomic mass is 9.99. The zero-order valence-electron chi connectivity index (χ0n) is 10.5. The van der Waals surface area contributed by atoms with Gasteiger partial charge in [0, 0.05) is 23.4 Å². The van der Waals surface area contributed by atoms with Crippen molar-refractivity contribution in [2.45, 2.75) is 19.8 Å². The Morgan fingerprint density at radius 2 is 2.00 bits per heavy atom. The van der Waals surface area contributed by atoms with E-state index < -0.39 is 0 Å². The average molecular weight is 264 g/mol. The first-order valence-corrected chi connectivity index (χ1v) is 6.02. The van der Waals surface area contributed by atoms with Gasteiger partial charge in [-0.3, -0.25) is 0 Å². The summed E-state index contributed by atoms with van der Waals surface area (Å²) < 4.78 is 5.12. The molecule has 0 fully saturated rings. The molecule has 0 N–H and O–H groups in total. The van der Waals surface area contributed by atoms with Crippen LogP contribution in [0.1, 0.15) is 25.3 Å².